The molecule has 1 atom stereocenters. The summed E-state index contributed by atoms with van der Waals surface area (Å²) in [5.41, 5.74) is 6.92. The van der Waals surface area contributed by atoms with Crippen LogP contribution >= 0.6 is 0 Å². The number of aryl methyl sites for hydroxylation is 1. The normalized spacial score (nSPS) is 11.4. The molecule has 2 N–H and O–H groups in total. The fraction of sp³-hybridized carbons (Fsp3) is 0.235. The Hall–Kier alpha value is -2.89. The standard InChI is InChI=1S/C17H19N3O3/c1-11-7-6-9-15(12(11)2)23-13(3)16(21)19-20-17(22)14-8-4-5-10-18-14/h4-10,13H,1-3H3,(H,19,21)(H,20,22). The van der Waals surface area contributed by atoms with Crippen LogP contribution in [-0.2, 0) is 4.79 Å². The van der Waals surface area contributed by atoms with Gasteiger partial charge in [0.25, 0.3) is 11.8 Å². The highest BCUT2D eigenvalue weighted by Gasteiger charge is 2.17. The lowest BCUT2D eigenvalue weighted by atomic mass is 10.1. The third-order valence-electron chi connectivity index (χ3n) is 3.42. The molecular formula is C17H19N3O3. The van der Waals surface area contributed by atoms with Crippen LogP contribution in [0.25, 0.3) is 0 Å². The van der Waals surface area contributed by atoms with Crippen molar-refractivity contribution in [2.24, 2.45) is 0 Å². The van der Waals surface area contributed by atoms with Gasteiger partial charge in [-0.05, 0) is 50.1 Å². The van der Waals surface area contributed by atoms with E-state index in [1.807, 2.05) is 26.0 Å². The predicted molar refractivity (Wildman–Crippen MR) is 85.9 cm³/mol. The molecule has 0 saturated heterocycles. The van der Waals surface area contributed by atoms with Crippen molar-refractivity contribution in [1.82, 2.24) is 15.8 Å². The van der Waals surface area contributed by atoms with Gasteiger partial charge in [-0.25, -0.2) is 0 Å². The van der Waals surface area contributed by atoms with Crippen molar-refractivity contribution >= 4 is 11.8 Å². The van der Waals surface area contributed by atoms with Gasteiger partial charge in [0.2, 0.25) is 0 Å². The van der Waals surface area contributed by atoms with Gasteiger partial charge in [0.1, 0.15) is 11.4 Å². The summed E-state index contributed by atoms with van der Waals surface area (Å²) in [6.07, 6.45) is 0.753. The molecule has 0 spiro atoms. The van der Waals surface area contributed by atoms with E-state index in [1.165, 1.54) is 6.20 Å². The maximum Gasteiger partial charge on any atom is 0.288 e. The highest BCUT2D eigenvalue weighted by molar-refractivity contribution is 5.94. The molecule has 0 radical (unpaired) electrons. The van der Waals surface area contributed by atoms with E-state index in [4.69, 9.17) is 4.74 Å². The number of carbonyl (C=O) groups excluding carboxylic acids is 2. The smallest absolute Gasteiger partial charge is 0.288 e. The van der Waals surface area contributed by atoms with Crippen LogP contribution < -0.4 is 15.6 Å². The lowest BCUT2D eigenvalue weighted by molar-refractivity contribution is -0.128. The number of ether oxygens (including phenoxy) is 1. The van der Waals surface area contributed by atoms with Crippen molar-refractivity contribution in [2.75, 3.05) is 0 Å². The SMILES string of the molecule is Cc1cccc(OC(C)C(=O)NNC(=O)c2ccccn2)c1C. The Morgan fingerprint density at radius 3 is 2.57 bits per heavy atom. The number of nitrogens with zero attached hydrogens (tertiary/aromatic N) is 1. The Kier molecular flexibility index (Phi) is 5.30. The van der Waals surface area contributed by atoms with Crippen molar-refractivity contribution in [1.29, 1.82) is 0 Å². The van der Waals surface area contributed by atoms with Crippen LogP contribution in [0.1, 0.15) is 28.5 Å². The molecule has 2 aromatic rings. The Bertz CT molecular complexity index is 701. The van der Waals surface area contributed by atoms with E-state index >= 15 is 0 Å². The van der Waals surface area contributed by atoms with Crippen LogP contribution in [0.2, 0.25) is 0 Å². The predicted octanol–water partition coefficient (Wildman–Crippen LogP) is 1.93. The van der Waals surface area contributed by atoms with Gasteiger partial charge >= 0.3 is 0 Å². The molecule has 0 aliphatic heterocycles. The molecule has 0 aliphatic carbocycles. The average Bonchev–Trinajstić information content (AvgIpc) is 2.57. The monoisotopic (exact) mass is 313 g/mol. The van der Waals surface area contributed by atoms with Gasteiger partial charge in [-0.2, -0.15) is 0 Å². The molecule has 6 nitrogen and oxygen atoms in total. The zero-order valence-electron chi connectivity index (χ0n) is 13.3. The number of hydrogen-bond acceptors (Lipinski definition) is 4. The summed E-state index contributed by atoms with van der Waals surface area (Å²) in [5.74, 6) is -0.295. The third kappa shape index (κ3) is 4.29. The topological polar surface area (TPSA) is 80.3 Å². The average molecular weight is 313 g/mol. The van der Waals surface area contributed by atoms with Crippen molar-refractivity contribution < 1.29 is 14.3 Å². The Morgan fingerprint density at radius 1 is 1.09 bits per heavy atom. The number of pyridine rings is 1. The van der Waals surface area contributed by atoms with Gasteiger partial charge < -0.3 is 4.74 Å². The molecule has 2 rings (SSSR count). The summed E-state index contributed by atoms with van der Waals surface area (Å²) in [7, 11) is 0. The van der Waals surface area contributed by atoms with E-state index in [1.54, 1.807) is 31.2 Å². The molecule has 23 heavy (non-hydrogen) atoms. The molecule has 1 aromatic carbocycles. The van der Waals surface area contributed by atoms with Gasteiger partial charge in [0, 0.05) is 6.20 Å². The maximum atomic E-state index is 12.0. The summed E-state index contributed by atoms with van der Waals surface area (Å²) in [6.45, 7) is 5.52. The number of nitrogens with one attached hydrogen (secondary N) is 2. The first kappa shape index (κ1) is 16.5. The fourth-order valence-electron chi connectivity index (χ4n) is 1.88. The first-order chi connectivity index (χ1) is 11.0. The minimum atomic E-state index is -0.750. The third-order valence-corrected chi connectivity index (χ3v) is 3.42. The number of hydrazine groups is 1. The molecule has 1 heterocycles. The molecule has 1 unspecified atom stereocenters. The van der Waals surface area contributed by atoms with Crippen LogP contribution in [0.4, 0.5) is 0 Å². The van der Waals surface area contributed by atoms with Crippen molar-refractivity contribution in [3.05, 3.63) is 59.4 Å². The minimum Gasteiger partial charge on any atom is -0.481 e. The Morgan fingerprint density at radius 2 is 1.87 bits per heavy atom. The van der Waals surface area contributed by atoms with E-state index in [0.717, 1.165) is 11.1 Å². The first-order valence-electron chi connectivity index (χ1n) is 7.23. The van der Waals surface area contributed by atoms with Crippen LogP contribution in [0.5, 0.6) is 5.75 Å². The summed E-state index contributed by atoms with van der Waals surface area (Å²) in [6, 6.07) is 10.6. The molecule has 1 aromatic heterocycles. The Balaban J connectivity index is 1.90. The lowest BCUT2D eigenvalue weighted by Crippen LogP contribution is -2.47. The van der Waals surface area contributed by atoms with E-state index in [2.05, 4.69) is 15.8 Å². The number of rotatable bonds is 4. The number of amides is 2. The van der Waals surface area contributed by atoms with Crippen LogP contribution in [0.3, 0.4) is 0 Å². The fourth-order valence-corrected chi connectivity index (χ4v) is 1.88. The summed E-state index contributed by atoms with van der Waals surface area (Å²) >= 11 is 0. The van der Waals surface area contributed by atoms with Gasteiger partial charge in [0.05, 0.1) is 0 Å². The molecule has 0 fully saturated rings. The number of hydrogen-bond donors (Lipinski definition) is 2. The van der Waals surface area contributed by atoms with E-state index in [0.29, 0.717) is 5.75 Å². The van der Waals surface area contributed by atoms with Crippen LogP contribution in [0.15, 0.2) is 42.6 Å². The van der Waals surface area contributed by atoms with E-state index in [-0.39, 0.29) is 5.69 Å². The number of carbonyl (C=O) groups is 2. The second-order valence-electron chi connectivity index (χ2n) is 5.12. The molecule has 0 aliphatic rings. The summed E-state index contributed by atoms with van der Waals surface area (Å²) < 4.78 is 5.65. The van der Waals surface area contributed by atoms with Crippen LogP contribution in [-0.4, -0.2) is 22.9 Å². The van der Waals surface area contributed by atoms with Gasteiger partial charge in [-0.1, -0.05) is 18.2 Å². The second-order valence-corrected chi connectivity index (χ2v) is 5.12. The van der Waals surface area contributed by atoms with Crippen LogP contribution in [0, 0.1) is 13.8 Å². The Labute approximate surface area is 134 Å². The van der Waals surface area contributed by atoms with Gasteiger partial charge in [-0.3, -0.25) is 25.4 Å². The van der Waals surface area contributed by atoms with E-state index < -0.39 is 17.9 Å². The molecular weight excluding hydrogens is 294 g/mol. The molecule has 0 bridgehead atoms. The minimum absolute atomic E-state index is 0.218. The number of aromatic nitrogens is 1. The van der Waals surface area contributed by atoms with Crippen molar-refractivity contribution in [3.63, 3.8) is 0 Å². The van der Waals surface area contributed by atoms with Gasteiger partial charge in [-0.15, -0.1) is 0 Å². The quantitative estimate of drug-likeness (QED) is 0.845. The largest absolute Gasteiger partial charge is 0.481 e. The first-order valence-corrected chi connectivity index (χ1v) is 7.23. The zero-order valence-corrected chi connectivity index (χ0v) is 13.3. The highest BCUT2D eigenvalue weighted by Crippen LogP contribution is 2.21. The van der Waals surface area contributed by atoms with Gasteiger partial charge in [0.15, 0.2) is 6.10 Å². The summed E-state index contributed by atoms with van der Waals surface area (Å²) in [4.78, 5) is 27.7. The number of benzene rings is 1. The highest BCUT2D eigenvalue weighted by atomic mass is 16.5. The lowest BCUT2D eigenvalue weighted by Gasteiger charge is -2.17. The molecule has 0 saturated carbocycles. The summed E-state index contributed by atoms with van der Waals surface area (Å²) in [5, 5.41) is 0. The second kappa shape index (κ2) is 7.40. The van der Waals surface area contributed by atoms with E-state index in [9.17, 15) is 9.59 Å². The zero-order chi connectivity index (χ0) is 16.8. The molecule has 120 valence electrons. The van der Waals surface area contributed by atoms with Crippen molar-refractivity contribution in [3.8, 4) is 5.75 Å². The maximum absolute atomic E-state index is 12.0. The van der Waals surface area contributed by atoms with Crippen molar-refractivity contribution in [2.45, 2.75) is 26.9 Å². The molecule has 2 amide bonds. The molecule has 6 heteroatoms.